The molecule has 1 N–H and O–H groups in total. The average molecular weight is 310 g/mol. The van der Waals surface area contributed by atoms with E-state index in [0.717, 1.165) is 40.5 Å². The highest BCUT2D eigenvalue weighted by molar-refractivity contribution is 9.10. The molecule has 0 radical (unpaired) electrons. The van der Waals surface area contributed by atoms with E-state index in [1.807, 2.05) is 24.6 Å². The van der Waals surface area contributed by atoms with E-state index in [1.54, 1.807) is 6.33 Å². The molecule has 0 spiro atoms. The summed E-state index contributed by atoms with van der Waals surface area (Å²) in [4.78, 5) is 8.52. The standard InChI is InChI=1S/C12H16BrN5/c1-4-5-14-11-10(13)12(16-7-15-11)18-9(3)6-8(2)17-18/h6-7H,4-5H2,1-3H3,(H,14,15,16). The molecule has 0 saturated heterocycles. The number of halogens is 1. The van der Waals surface area contributed by atoms with Crippen LogP contribution in [0.2, 0.25) is 0 Å². The van der Waals surface area contributed by atoms with Gasteiger partial charge in [0, 0.05) is 12.2 Å². The maximum absolute atomic E-state index is 4.43. The molecule has 0 aromatic carbocycles. The molecule has 2 heterocycles. The zero-order valence-corrected chi connectivity index (χ0v) is 12.3. The second-order valence-electron chi connectivity index (χ2n) is 4.13. The van der Waals surface area contributed by atoms with Gasteiger partial charge in [0.1, 0.15) is 16.6 Å². The van der Waals surface area contributed by atoms with Gasteiger partial charge in [0.05, 0.1) is 5.69 Å². The second kappa shape index (κ2) is 5.48. The summed E-state index contributed by atoms with van der Waals surface area (Å²) in [6.45, 7) is 6.97. The minimum atomic E-state index is 0.759. The molecule has 18 heavy (non-hydrogen) atoms. The molecule has 0 fully saturated rings. The normalized spacial score (nSPS) is 10.7. The molecular weight excluding hydrogens is 294 g/mol. The van der Waals surface area contributed by atoms with Gasteiger partial charge < -0.3 is 5.32 Å². The molecule has 0 amide bonds. The van der Waals surface area contributed by atoms with Gasteiger partial charge in [-0.15, -0.1) is 0 Å². The lowest BCUT2D eigenvalue weighted by Gasteiger charge is -2.10. The molecule has 96 valence electrons. The third-order valence-corrected chi connectivity index (χ3v) is 3.25. The van der Waals surface area contributed by atoms with E-state index >= 15 is 0 Å². The summed E-state index contributed by atoms with van der Waals surface area (Å²) in [5.41, 5.74) is 2.02. The first-order valence-corrected chi connectivity index (χ1v) is 6.70. The zero-order valence-electron chi connectivity index (χ0n) is 10.7. The SMILES string of the molecule is CCCNc1ncnc(-n2nc(C)cc2C)c1Br. The van der Waals surface area contributed by atoms with Crippen molar-refractivity contribution in [2.45, 2.75) is 27.2 Å². The summed E-state index contributed by atoms with van der Waals surface area (Å²) in [5, 5.41) is 7.69. The summed E-state index contributed by atoms with van der Waals surface area (Å²) in [5.74, 6) is 1.56. The van der Waals surface area contributed by atoms with Crippen molar-refractivity contribution in [3.63, 3.8) is 0 Å². The molecule has 0 atom stereocenters. The lowest BCUT2D eigenvalue weighted by molar-refractivity contribution is 0.795. The third-order valence-electron chi connectivity index (χ3n) is 2.52. The van der Waals surface area contributed by atoms with E-state index in [4.69, 9.17) is 0 Å². The highest BCUT2D eigenvalue weighted by Gasteiger charge is 2.12. The fourth-order valence-electron chi connectivity index (χ4n) is 1.72. The van der Waals surface area contributed by atoms with Gasteiger partial charge in [-0.3, -0.25) is 0 Å². The topological polar surface area (TPSA) is 55.6 Å². The maximum atomic E-state index is 4.43. The molecule has 2 aromatic heterocycles. The molecule has 0 aliphatic heterocycles. The number of aryl methyl sites for hydroxylation is 2. The van der Waals surface area contributed by atoms with Gasteiger partial charge >= 0.3 is 0 Å². The molecule has 5 nitrogen and oxygen atoms in total. The van der Waals surface area contributed by atoms with E-state index < -0.39 is 0 Å². The smallest absolute Gasteiger partial charge is 0.173 e. The highest BCUT2D eigenvalue weighted by Crippen LogP contribution is 2.26. The Bertz CT molecular complexity index is 549. The lowest BCUT2D eigenvalue weighted by Crippen LogP contribution is -2.08. The number of anilines is 1. The van der Waals surface area contributed by atoms with E-state index in [1.165, 1.54) is 0 Å². The van der Waals surface area contributed by atoms with Crippen LogP contribution < -0.4 is 5.32 Å². The van der Waals surface area contributed by atoms with Crippen LogP contribution in [0.15, 0.2) is 16.9 Å². The van der Waals surface area contributed by atoms with Gasteiger partial charge in [0.2, 0.25) is 0 Å². The minimum Gasteiger partial charge on any atom is -0.369 e. The van der Waals surface area contributed by atoms with E-state index in [2.05, 4.69) is 43.2 Å². The van der Waals surface area contributed by atoms with E-state index in [0.29, 0.717) is 0 Å². The fourth-order valence-corrected chi connectivity index (χ4v) is 2.23. The van der Waals surface area contributed by atoms with Crippen LogP contribution in [-0.2, 0) is 0 Å². The van der Waals surface area contributed by atoms with Crippen LogP contribution >= 0.6 is 15.9 Å². The Hall–Kier alpha value is -1.43. The Morgan fingerprint density at radius 1 is 1.33 bits per heavy atom. The van der Waals surface area contributed by atoms with E-state index in [-0.39, 0.29) is 0 Å². The quantitative estimate of drug-likeness (QED) is 0.943. The van der Waals surface area contributed by atoms with Crippen molar-refractivity contribution in [3.8, 4) is 5.82 Å². The Morgan fingerprint density at radius 2 is 2.11 bits per heavy atom. The summed E-state index contributed by atoms with van der Waals surface area (Å²) in [6.07, 6.45) is 2.60. The molecule has 6 heteroatoms. The first-order valence-electron chi connectivity index (χ1n) is 5.91. The Labute approximate surface area is 115 Å². The average Bonchev–Trinajstić information content (AvgIpc) is 2.67. The predicted octanol–water partition coefficient (Wildman–Crippen LogP) is 2.86. The second-order valence-corrected chi connectivity index (χ2v) is 4.92. The molecule has 2 rings (SSSR count). The Balaban J connectivity index is 2.42. The first kappa shape index (κ1) is 13.0. The summed E-state index contributed by atoms with van der Waals surface area (Å²) in [6, 6.07) is 2.02. The number of nitrogens with zero attached hydrogens (tertiary/aromatic N) is 4. The Kier molecular flexibility index (Phi) is 3.96. The van der Waals surface area contributed by atoms with Crippen molar-refractivity contribution >= 4 is 21.7 Å². The van der Waals surface area contributed by atoms with Gasteiger partial charge in [0.25, 0.3) is 0 Å². The van der Waals surface area contributed by atoms with Crippen LogP contribution in [0.25, 0.3) is 5.82 Å². The summed E-state index contributed by atoms with van der Waals surface area (Å²) >= 11 is 3.54. The maximum Gasteiger partial charge on any atom is 0.173 e. The van der Waals surface area contributed by atoms with Crippen LogP contribution in [0, 0.1) is 13.8 Å². The first-order chi connectivity index (χ1) is 8.63. The molecule has 0 saturated carbocycles. The molecule has 2 aromatic rings. The van der Waals surface area contributed by atoms with Crippen molar-refractivity contribution in [3.05, 3.63) is 28.3 Å². The van der Waals surface area contributed by atoms with Crippen LogP contribution in [-0.4, -0.2) is 26.3 Å². The van der Waals surface area contributed by atoms with Crippen molar-refractivity contribution in [2.75, 3.05) is 11.9 Å². The van der Waals surface area contributed by atoms with Crippen molar-refractivity contribution in [2.24, 2.45) is 0 Å². The van der Waals surface area contributed by atoms with Crippen molar-refractivity contribution < 1.29 is 0 Å². The zero-order chi connectivity index (χ0) is 13.1. The molecule has 0 unspecified atom stereocenters. The molecule has 0 bridgehead atoms. The van der Waals surface area contributed by atoms with Crippen LogP contribution in [0.4, 0.5) is 5.82 Å². The predicted molar refractivity (Wildman–Crippen MR) is 75.1 cm³/mol. The number of nitrogens with one attached hydrogen (secondary N) is 1. The van der Waals surface area contributed by atoms with Crippen LogP contribution in [0.3, 0.4) is 0 Å². The molecule has 0 aliphatic carbocycles. The summed E-state index contributed by atoms with van der Waals surface area (Å²) in [7, 11) is 0. The van der Waals surface area contributed by atoms with Crippen LogP contribution in [0.5, 0.6) is 0 Å². The third kappa shape index (κ3) is 2.53. The van der Waals surface area contributed by atoms with E-state index in [9.17, 15) is 0 Å². The number of rotatable bonds is 4. The van der Waals surface area contributed by atoms with Crippen molar-refractivity contribution in [1.82, 2.24) is 19.7 Å². The number of aromatic nitrogens is 4. The van der Waals surface area contributed by atoms with Gasteiger partial charge in [-0.2, -0.15) is 5.10 Å². The van der Waals surface area contributed by atoms with Gasteiger partial charge in [0.15, 0.2) is 5.82 Å². The minimum absolute atomic E-state index is 0.759. The lowest BCUT2D eigenvalue weighted by atomic mass is 10.4. The number of hydrogen-bond donors (Lipinski definition) is 1. The fraction of sp³-hybridized carbons (Fsp3) is 0.417. The molecular formula is C12H16BrN5. The Morgan fingerprint density at radius 3 is 2.72 bits per heavy atom. The van der Waals surface area contributed by atoms with Crippen molar-refractivity contribution in [1.29, 1.82) is 0 Å². The van der Waals surface area contributed by atoms with Gasteiger partial charge in [-0.05, 0) is 42.3 Å². The number of hydrogen-bond acceptors (Lipinski definition) is 4. The van der Waals surface area contributed by atoms with Crippen LogP contribution in [0.1, 0.15) is 24.7 Å². The monoisotopic (exact) mass is 309 g/mol. The highest BCUT2D eigenvalue weighted by atomic mass is 79.9. The molecule has 0 aliphatic rings. The summed E-state index contributed by atoms with van der Waals surface area (Å²) < 4.78 is 2.66. The largest absolute Gasteiger partial charge is 0.369 e. The van der Waals surface area contributed by atoms with Gasteiger partial charge in [-0.1, -0.05) is 6.92 Å². The van der Waals surface area contributed by atoms with Gasteiger partial charge in [-0.25, -0.2) is 14.6 Å².